The van der Waals surface area contributed by atoms with Gasteiger partial charge in [-0.3, -0.25) is 0 Å². The highest BCUT2D eigenvalue weighted by Crippen LogP contribution is 2.36. The first kappa shape index (κ1) is 12.8. The minimum atomic E-state index is -3.72. The van der Waals surface area contributed by atoms with Crippen LogP contribution in [0, 0.1) is 5.92 Å². The van der Waals surface area contributed by atoms with E-state index in [1.54, 1.807) is 18.3 Å². The quantitative estimate of drug-likeness (QED) is 0.813. The second-order valence-corrected chi connectivity index (χ2v) is 7.83. The van der Waals surface area contributed by atoms with E-state index in [9.17, 15) is 8.42 Å². The van der Waals surface area contributed by atoms with E-state index in [1.165, 1.54) is 11.3 Å². The lowest BCUT2D eigenvalue weighted by Crippen LogP contribution is -1.98. The van der Waals surface area contributed by atoms with Crippen molar-refractivity contribution in [3.05, 3.63) is 23.2 Å². The average Bonchev–Trinajstić information content (AvgIpc) is 2.53. The third-order valence-corrected chi connectivity index (χ3v) is 5.01. The highest BCUT2D eigenvalue weighted by molar-refractivity contribution is 8.14. The van der Waals surface area contributed by atoms with E-state index in [-0.39, 0.29) is 4.90 Å². The molecular formula is C11H12ClNO2S2. The van der Waals surface area contributed by atoms with Gasteiger partial charge >= 0.3 is 0 Å². The Labute approximate surface area is 109 Å². The summed E-state index contributed by atoms with van der Waals surface area (Å²) < 4.78 is 23.3. The molecule has 0 N–H and O–H groups in total. The van der Waals surface area contributed by atoms with E-state index in [4.69, 9.17) is 10.7 Å². The normalized spacial score (nSPS) is 12.5. The van der Waals surface area contributed by atoms with E-state index in [0.29, 0.717) is 17.7 Å². The number of hydrogen-bond donors (Lipinski definition) is 0. The summed E-state index contributed by atoms with van der Waals surface area (Å²) in [5, 5.41) is 0.628. The summed E-state index contributed by atoms with van der Waals surface area (Å²) in [7, 11) is 1.80. The molecule has 0 aliphatic heterocycles. The molecule has 2 heterocycles. The molecule has 92 valence electrons. The third-order valence-electron chi connectivity index (χ3n) is 2.33. The van der Waals surface area contributed by atoms with E-state index < -0.39 is 9.05 Å². The van der Waals surface area contributed by atoms with Gasteiger partial charge in [0.25, 0.3) is 9.05 Å². The zero-order valence-electron chi connectivity index (χ0n) is 9.47. The van der Waals surface area contributed by atoms with Crippen molar-refractivity contribution in [1.29, 1.82) is 0 Å². The van der Waals surface area contributed by atoms with Crippen LogP contribution in [-0.4, -0.2) is 13.4 Å². The number of nitrogens with zero attached hydrogens (tertiary/aromatic N) is 1. The molecule has 0 fully saturated rings. The van der Waals surface area contributed by atoms with Crippen molar-refractivity contribution in [2.24, 2.45) is 5.92 Å². The van der Waals surface area contributed by atoms with Gasteiger partial charge in [0.2, 0.25) is 0 Å². The summed E-state index contributed by atoms with van der Waals surface area (Å²) in [6.07, 6.45) is 2.35. The van der Waals surface area contributed by atoms with E-state index in [1.807, 2.05) is 13.8 Å². The summed E-state index contributed by atoms with van der Waals surface area (Å²) in [5.41, 5.74) is 0. The number of halogens is 1. The van der Waals surface area contributed by atoms with Crippen molar-refractivity contribution in [2.45, 2.75) is 25.2 Å². The standard InChI is InChI=1S/C11H12ClNO2S2/c1-7(2)6-9-10(17(12,14)15)8-4-3-5-13-11(8)16-9/h3-5,7H,6H2,1-2H3. The molecule has 0 bridgehead atoms. The summed E-state index contributed by atoms with van der Waals surface area (Å²) in [5.74, 6) is 0.375. The highest BCUT2D eigenvalue weighted by Gasteiger charge is 2.23. The van der Waals surface area contributed by atoms with Gasteiger partial charge in [0.15, 0.2) is 0 Å². The molecule has 0 saturated heterocycles. The van der Waals surface area contributed by atoms with Crippen LogP contribution in [0.4, 0.5) is 0 Å². The van der Waals surface area contributed by atoms with Crippen molar-refractivity contribution in [2.75, 3.05) is 0 Å². The molecule has 0 aliphatic rings. The predicted octanol–water partition coefficient (Wildman–Crippen LogP) is 3.42. The molecule has 2 aromatic rings. The maximum atomic E-state index is 11.7. The minimum Gasteiger partial charge on any atom is -0.245 e. The van der Waals surface area contributed by atoms with Crippen LogP contribution in [0.25, 0.3) is 10.2 Å². The van der Waals surface area contributed by atoms with E-state index in [0.717, 1.165) is 9.71 Å². The van der Waals surface area contributed by atoms with Gasteiger partial charge in [-0.1, -0.05) is 13.8 Å². The molecule has 0 spiro atoms. The van der Waals surface area contributed by atoms with Crippen LogP contribution in [0.1, 0.15) is 18.7 Å². The molecule has 2 aromatic heterocycles. The summed E-state index contributed by atoms with van der Waals surface area (Å²) in [6, 6.07) is 3.47. The minimum absolute atomic E-state index is 0.237. The number of aromatic nitrogens is 1. The van der Waals surface area contributed by atoms with E-state index in [2.05, 4.69) is 4.98 Å². The summed E-state index contributed by atoms with van der Waals surface area (Å²) in [4.78, 5) is 5.94. The third kappa shape index (κ3) is 2.61. The van der Waals surface area contributed by atoms with Crippen LogP contribution in [0.2, 0.25) is 0 Å². The van der Waals surface area contributed by atoms with Crippen LogP contribution in [-0.2, 0) is 15.5 Å². The van der Waals surface area contributed by atoms with Crippen molar-refractivity contribution in [3.8, 4) is 0 Å². The molecule has 0 amide bonds. The van der Waals surface area contributed by atoms with Crippen LogP contribution in [0.15, 0.2) is 23.2 Å². The topological polar surface area (TPSA) is 47.0 Å². The number of rotatable bonds is 3. The lowest BCUT2D eigenvalue weighted by molar-refractivity contribution is 0.606. The fourth-order valence-electron chi connectivity index (χ4n) is 1.73. The number of pyridine rings is 1. The molecule has 0 aromatic carbocycles. The first-order valence-corrected chi connectivity index (χ1v) is 8.33. The maximum absolute atomic E-state index is 11.7. The fourth-order valence-corrected chi connectivity index (χ4v) is 4.94. The Hall–Kier alpha value is -0.650. The molecule has 6 heteroatoms. The fraction of sp³-hybridized carbons (Fsp3) is 0.364. The Bertz CT molecular complexity index is 647. The van der Waals surface area contributed by atoms with Crippen LogP contribution in [0.5, 0.6) is 0 Å². The maximum Gasteiger partial charge on any atom is 0.263 e. The van der Waals surface area contributed by atoms with Gasteiger partial charge in [-0.05, 0) is 24.5 Å². The van der Waals surface area contributed by atoms with Gasteiger partial charge in [0, 0.05) is 27.1 Å². The SMILES string of the molecule is CC(C)Cc1sc2ncccc2c1S(=O)(=O)Cl. The monoisotopic (exact) mass is 289 g/mol. The number of hydrogen-bond acceptors (Lipinski definition) is 4. The number of fused-ring (bicyclic) bond motifs is 1. The largest absolute Gasteiger partial charge is 0.263 e. The molecule has 17 heavy (non-hydrogen) atoms. The molecular weight excluding hydrogens is 278 g/mol. The second-order valence-electron chi connectivity index (χ2n) is 4.25. The van der Waals surface area contributed by atoms with Crippen molar-refractivity contribution in [1.82, 2.24) is 4.98 Å². The molecule has 2 rings (SSSR count). The molecule has 0 aliphatic carbocycles. The Kier molecular flexibility index (Phi) is 3.43. The predicted molar refractivity (Wildman–Crippen MR) is 71.2 cm³/mol. The molecule has 0 saturated carbocycles. The van der Waals surface area contributed by atoms with Gasteiger partial charge < -0.3 is 0 Å². The smallest absolute Gasteiger partial charge is 0.245 e. The van der Waals surface area contributed by atoms with Gasteiger partial charge in [-0.15, -0.1) is 11.3 Å². The summed E-state index contributed by atoms with van der Waals surface area (Å²) in [6.45, 7) is 4.09. The average molecular weight is 290 g/mol. The lowest BCUT2D eigenvalue weighted by Gasteiger charge is -2.03. The Balaban J connectivity index is 2.74. The van der Waals surface area contributed by atoms with Crippen molar-refractivity contribution in [3.63, 3.8) is 0 Å². The van der Waals surface area contributed by atoms with Crippen molar-refractivity contribution < 1.29 is 8.42 Å². The molecule has 0 radical (unpaired) electrons. The highest BCUT2D eigenvalue weighted by atomic mass is 35.7. The van der Waals surface area contributed by atoms with Gasteiger partial charge in [-0.25, -0.2) is 13.4 Å². The molecule has 0 atom stereocenters. The second kappa shape index (κ2) is 4.55. The zero-order valence-corrected chi connectivity index (χ0v) is 11.9. The lowest BCUT2D eigenvalue weighted by atomic mass is 10.1. The Morgan fingerprint density at radius 2 is 2.18 bits per heavy atom. The van der Waals surface area contributed by atoms with Gasteiger partial charge in [-0.2, -0.15) is 0 Å². The summed E-state index contributed by atoms with van der Waals surface area (Å²) >= 11 is 1.40. The molecule has 0 unspecified atom stereocenters. The first-order chi connectivity index (χ1) is 7.89. The van der Waals surface area contributed by atoms with E-state index >= 15 is 0 Å². The van der Waals surface area contributed by atoms with Crippen LogP contribution < -0.4 is 0 Å². The first-order valence-electron chi connectivity index (χ1n) is 5.20. The van der Waals surface area contributed by atoms with Gasteiger partial charge in [0.1, 0.15) is 9.73 Å². The Morgan fingerprint density at radius 3 is 2.76 bits per heavy atom. The zero-order chi connectivity index (χ0) is 12.6. The van der Waals surface area contributed by atoms with Crippen LogP contribution in [0.3, 0.4) is 0 Å². The van der Waals surface area contributed by atoms with Crippen molar-refractivity contribution >= 4 is 41.3 Å². The Morgan fingerprint density at radius 1 is 1.47 bits per heavy atom. The number of thiophene rings is 1. The van der Waals surface area contributed by atoms with Crippen LogP contribution >= 0.6 is 22.0 Å². The molecule has 3 nitrogen and oxygen atoms in total. The van der Waals surface area contributed by atoms with Gasteiger partial charge in [0.05, 0.1) is 0 Å².